The van der Waals surface area contributed by atoms with Crippen molar-refractivity contribution in [3.63, 3.8) is 0 Å². The van der Waals surface area contributed by atoms with E-state index in [4.69, 9.17) is 15.1 Å². The second-order valence-electron chi connectivity index (χ2n) is 9.17. The summed E-state index contributed by atoms with van der Waals surface area (Å²) in [5, 5.41) is 11.6. The minimum atomic E-state index is -0.206. The average molecular weight is 438 g/mol. The maximum absolute atomic E-state index is 12.9. The first-order chi connectivity index (χ1) is 15.5. The third kappa shape index (κ3) is 5.21. The second kappa shape index (κ2) is 10.3. The Morgan fingerprint density at radius 1 is 1.22 bits per heavy atom. The molecule has 1 atom stereocenters. The van der Waals surface area contributed by atoms with Gasteiger partial charge in [0.1, 0.15) is 23.0 Å². The van der Waals surface area contributed by atoms with E-state index in [1.165, 1.54) is 24.8 Å². The lowest BCUT2D eigenvalue weighted by atomic mass is 9.95. The van der Waals surface area contributed by atoms with Gasteiger partial charge in [-0.2, -0.15) is 0 Å². The fourth-order valence-electron chi connectivity index (χ4n) is 5.07. The van der Waals surface area contributed by atoms with Crippen LogP contribution in [0.3, 0.4) is 0 Å². The van der Waals surface area contributed by atoms with Crippen LogP contribution in [0.25, 0.3) is 0 Å². The molecule has 7 nitrogen and oxygen atoms in total. The molecule has 2 heterocycles. The van der Waals surface area contributed by atoms with Gasteiger partial charge < -0.3 is 20.4 Å². The molecule has 1 aromatic heterocycles. The molecule has 2 aliphatic rings. The third-order valence-electron chi connectivity index (χ3n) is 6.74. The zero-order valence-corrected chi connectivity index (χ0v) is 19.2. The van der Waals surface area contributed by atoms with Crippen LogP contribution >= 0.6 is 0 Å². The van der Waals surface area contributed by atoms with Crippen molar-refractivity contribution in [1.29, 1.82) is 5.41 Å². The predicted octanol–water partition coefficient (Wildman–Crippen LogP) is 4.29. The van der Waals surface area contributed by atoms with Gasteiger partial charge in [0.05, 0.1) is 7.11 Å². The molecule has 1 saturated heterocycles. The third-order valence-corrected chi connectivity index (χ3v) is 6.74. The topological polar surface area (TPSA) is 94.1 Å². The fraction of sp³-hybridized carbons (Fsp3) is 0.560. The summed E-state index contributed by atoms with van der Waals surface area (Å²) in [5.74, 6) is 2.40. The van der Waals surface area contributed by atoms with Crippen molar-refractivity contribution >= 4 is 11.5 Å². The largest absolute Gasteiger partial charge is 0.496 e. The summed E-state index contributed by atoms with van der Waals surface area (Å²) in [4.78, 5) is 23.3. The van der Waals surface area contributed by atoms with Gasteiger partial charge >= 0.3 is 0 Å². The summed E-state index contributed by atoms with van der Waals surface area (Å²) in [7, 11) is 1.71. The Morgan fingerprint density at radius 2 is 2.00 bits per heavy atom. The number of piperidine rings is 1. The van der Waals surface area contributed by atoms with Gasteiger partial charge in [0, 0.05) is 36.3 Å². The first-order valence-electron chi connectivity index (χ1n) is 11.9. The highest BCUT2D eigenvalue weighted by atomic mass is 16.5. The monoisotopic (exact) mass is 437 g/mol. The summed E-state index contributed by atoms with van der Waals surface area (Å²) in [6.45, 7) is 4.33. The quantitative estimate of drug-likeness (QED) is 0.562. The molecule has 0 spiro atoms. The number of ether oxygens (including phenoxy) is 1. The van der Waals surface area contributed by atoms with Gasteiger partial charge in [-0.15, -0.1) is 0 Å². The number of aromatic amines is 1. The molecule has 1 aliphatic carbocycles. The summed E-state index contributed by atoms with van der Waals surface area (Å²) < 4.78 is 5.52. The summed E-state index contributed by atoms with van der Waals surface area (Å²) in [5.41, 5.74) is 1.60. The van der Waals surface area contributed by atoms with E-state index in [9.17, 15) is 4.79 Å². The second-order valence-corrected chi connectivity index (χ2v) is 9.17. The maximum atomic E-state index is 12.9. The van der Waals surface area contributed by atoms with Crippen molar-refractivity contribution in [3.8, 4) is 5.75 Å². The van der Waals surface area contributed by atoms with Crippen molar-refractivity contribution in [3.05, 3.63) is 51.6 Å². The van der Waals surface area contributed by atoms with Crippen molar-refractivity contribution in [2.45, 2.75) is 70.4 Å². The fourth-order valence-corrected chi connectivity index (χ4v) is 5.07. The number of benzene rings is 1. The van der Waals surface area contributed by atoms with E-state index in [1.807, 2.05) is 18.2 Å². The molecule has 1 saturated carbocycles. The number of anilines is 1. The van der Waals surface area contributed by atoms with E-state index in [1.54, 1.807) is 14.0 Å². The van der Waals surface area contributed by atoms with Gasteiger partial charge in [0.25, 0.3) is 5.56 Å². The number of likely N-dealkylation sites (tertiary alicyclic amines) is 1. The Labute approximate surface area is 190 Å². The number of hydrogen-bond acceptors (Lipinski definition) is 6. The van der Waals surface area contributed by atoms with Gasteiger partial charge in [0.15, 0.2) is 0 Å². The number of nitrogens with zero attached hydrogens (tertiary/aromatic N) is 2. The molecule has 1 aromatic carbocycles. The van der Waals surface area contributed by atoms with E-state index in [-0.39, 0.29) is 17.2 Å². The Morgan fingerprint density at radius 3 is 2.75 bits per heavy atom. The van der Waals surface area contributed by atoms with Crippen LogP contribution in [-0.4, -0.2) is 46.8 Å². The number of para-hydroxylation sites is 1. The number of hydrogen-bond donors (Lipinski definition) is 3. The molecule has 1 unspecified atom stereocenters. The van der Waals surface area contributed by atoms with E-state index < -0.39 is 0 Å². The number of H-pyrrole nitrogens is 1. The number of methoxy groups -OCH3 is 1. The minimum absolute atomic E-state index is 0.165. The molecule has 2 aromatic rings. The minimum Gasteiger partial charge on any atom is -0.496 e. The smallest absolute Gasteiger partial charge is 0.262 e. The Kier molecular flexibility index (Phi) is 7.25. The number of aromatic nitrogens is 2. The molecule has 3 N–H and O–H groups in total. The highest BCUT2D eigenvalue weighted by Crippen LogP contribution is 2.29. The zero-order valence-electron chi connectivity index (χ0n) is 19.2. The molecule has 0 bridgehead atoms. The normalized spacial score (nSPS) is 20.1. The predicted molar refractivity (Wildman–Crippen MR) is 128 cm³/mol. The molecule has 172 valence electrons. The van der Waals surface area contributed by atoms with Gasteiger partial charge in [0.2, 0.25) is 0 Å². The molecular weight excluding hydrogens is 402 g/mol. The lowest BCUT2D eigenvalue weighted by Crippen LogP contribution is -2.36. The van der Waals surface area contributed by atoms with Crippen molar-refractivity contribution in [1.82, 2.24) is 14.9 Å². The first kappa shape index (κ1) is 22.5. The SMILES string of the molecule is COc1ccccc1CN1CCCC(c2nc(NC3CCCCC3)c(C(C)=N)c(=O)[nH]2)C1. The van der Waals surface area contributed by atoms with Crippen molar-refractivity contribution in [2.24, 2.45) is 0 Å². The Bertz CT molecular complexity index is 996. The molecule has 2 fully saturated rings. The average Bonchev–Trinajstić information content (AvgIpc) is 2.80. The van der Waals surface area contributed by atoms with E-state index in [0.29, 0.717) is 17.4 Å². The molecule has 4 rings (SSSR count). The summed E-state index contributed by atoms with van der Waals surface area (Å²) in [6.07, 6.45) is 7.91. The van der Waals surface area contributed by atoms with Crippen LogP contribution in [0.5, 0.6) is 5.75 Å². The first-order valence-corrected chi connectivity index (χ1v) is 11.9. The van der Waals surface area contributed by atoms with Crippen LogP contribution in [0.1, 0.15) is 74.7 Å². The zero-order chi connectivity index (χ0) is 22.5. The lowest BCUT2D eigenvalue weighted by Gasteiger charge is -2.33. The number of nitrogens with one attached hydrogen (secondary N) is 3. The van der Waals surface area contributed by atoms with Crippen molar-refractivity contribution in [2.75, 3.05) is 25.5 Å². The van der Waals surface area contributed by atoms with Gasteiger partial charge in [-0.1, -0.05) is 37.5 Å². The maximum Gasteiger partial charge on any atom is 0.262 e. The van der Waals surface area contributed by atoms with Crippen LogP contribution < -0.4 is 15.6 Å². The van der Waals surface area contributed by atoms with Gasteiger partial charge in [-0.05, 0) is 45.2 Å². The lowest BCUT2D eigenvalue weighted by molar-refractivity contribution is 0.194. The van der Waals surface area contributed by atoms with E-state index in [0.717, 1.165) is 56.9 Å². The highest BCUT2D eigenvalue weighted by Gasteiger charge is 2.26. The molecule has 32 heavy (non-hydrogen) atoms. The van der Waals surface area contributed by atoms with Crippen LogP contribution in [-0.2, 0) is 6.54 Å². The number of rotatable bonds is 7. The van der Waals surface area contributed by atoms with E-state index >= 15 is 0 Å². The van der Waals surface area contributed by atoms with Gasteiger partial charge in [-0.25, -0.2) is 4.98 Å². The highest BCUT2D eigenvalue weighted by molar-refractivity contribution is 6.00. The van der Waals surface area contributed by atoms with Crippen LogP contribution in [0, 0.1) is 5.41 Å². The summed E-state index contributed by atoms with van der Waals surface area (Å²) >= 11 is 0. The standard InChI is InChI=1S/C25H35N5O2/c1-17(26)22-24(27-20-11-4-3-5-12-20)28-23(29-25(22)31)19-10-8-14-30(16-19)15-18-9-6-7-13-21(18)32-2/h6-7,9,13,19-20,26H,3-5,8,10-12,14-16H2,1-2H3,(H2,27,28,29,31). The molecule has 0 amide bonds. The van der Waals surface area contributed by atoms with Crippen LogP contribution in [0.15, 0.2) is 29.1 Å². The Balaban J connectivity index is 1.55. The van der Waals surface area contributed by atoms with Crippen molar-refractivity contribution < 1.29 is 4.74 Å². The molecular formula is C25H35N5O2. The summed E-state index contributed by atoms with van der Waals surface area (Å²) in [6, 6.07) is 8.47. The van der Waals surface area contributed by atoms with E-state index in [2.05, 4.69) is 21.3 Å². The molecule has 0 radical (unpaired) electrons. The van der Waals surface area contributed by atoms with Crippen LogP contribution in [0.4, 0.5) is 5.82 Å². The molecule has 7 heteroatoms. The Hall–Kier alpha value is -2.67. The van der Waals surface area contributed by atoms with Crippen LogP contribution in [0.2, 0.25) is 0 Å². The van der Waals surface area contributed by atoms with Gasteiger partial charge in [-0.3, -0.25) is 9.69 Å². The molecule has 1 aliphatic heterocycles.